The van der Waals surface area contributed by atoms with Gasteiger partial charge in [-0.05, 0) is 24.1 Å². The SMILES string of the molecule is Cc1cnc(N(C)Cc2ccccc2Cl)cc1N. The van der Waals surface area contributed by atoms with Crippen LogP contribution in [0.25, 0.3) is 0 Å². The molecule has 0 fully saturated rings. The molecule has 2 rings (SSSR count). The third kappa shape index (κ3) is 2.74. The summed E-state index contributed by atoms with van der Waals surface area (Å²) in [5, 5.41) is 0.768. The van der Waals surface area contributed by atoms with Gasteiger partial charge in [0, 0.05) is 36.6 Å². The van der Waals surface area contributed by atoms with Gasteiger partial charge < -0.3 is 10.6 Å². The second-order valence-corrected chi connectivity index (χ2v) is 4.75. The topological polar surface area (TPSA) is 42.2 Å². The number of halogens is 1. The Labute approximate surface area is 112 Å². The molecule has 0 radical (unpaired) electrons. The minimum Gasteiger partial charge on any atom is -0.398 e. The first-order valence-electron chi connectivity index (χ1n) is 5.74. The molecule has 0 atom stereocenters. The van der Waals surface area contributed by atoms with Crippen molar-refractivity contribution in [3.8, 4) is 0 Å². The molecule has 2 aromatic rings. The van der Waals surface area contributed by atoms with Crippen molar-refractivity contribution >= 4 is 23.1 Å². The van der Waals surface area contributed by atoms with E-state index in [4.69, 9.17) is 17.3 Å². The molecule has 0 amide bonds. The lowest BCUT2D eigenvalue weighted by atomic mass is 10.2. The summed E-state index contributed by atoms with van der Waals surface area (Å²) in [5.41, 5.74) is 8.71. The highest BCUT2D eigenvalue weighted by Gasteiger charge is 2.07. The predicted molar refractivity (Wildman–Crippen MR) is 76.9 cm³/mol. The number of hydrogen-bond donors (Lipinski definition) is 1. The third-order valence-electron chi connectivity index (χ3n) is 2.89. The van der Waals surface area contributed by atoms with E-state index in [1.54, 1.807) is 6.20 Å². The van der Waals surface area contributed by atoms with Crippen molar-refractivity contribution in [1.82, 2.24) is 4.98 Å². The summed E-state index contributed by atoms with van der Waals surface area (Å²) >= 11 is 6.14. The average molecular weight is 262 g/mol. The Bertz CT molecular complexity index is 554. The van der Waals surface area contributed by atoms with Crippen molar-refractivity contribution in [3.63, 3.8) is 0 Å². The zero-order valence-corrected chi connectivity index (χ0v) is 11.3. The molecule has 0 unspecified atom stereocenters. The van der Waals surface area contributed by atoms with Gasteiger partial charge in [0.25, 0.3) is 0 Å². The second-order valence-electron chi connectivity index (χ2n) is 4.35. The van der Waals surface area contributed by atoms with Crippen LogP contribution in [0.3, 0.4) is 0 Å². The molecular formula is C14H16ClN3. The molecule has 0 aliphatic carbocycles. The molecule has 1 aromatic carbocycles. The number of nitrogen functional groups attached to an aromatic ring is 1. The molecule has 0 saturated heterocycles. The van der Waals surface area contributed by atoms with Crippen molar-refractivity contribution < 1.29 is 0 Å². The van der Waals surface area contributed by atoms with E-state index in [1.807, 2.05) is 49.2 Å². The molecule has 0 saturated carbocycles. The minimum absolute atomic E-state index is 0.704. The van der Waals surface area contributed by atoms with Crippen LogP contribution in [-0.4, -0.2) is 12.0 Å². The molecule has 1 heterocycles. The molecule has 3 nitrogen and oxygen atoms in total. The summed E-state index contributed by atoms with van der Waals surface area (Å²) in [6.45, 7) is 2.65. The van der Waals surface area contributed by atoms with Gasteiger partial charge >= 0.3 is 0 Å². The number of rotatable bonds is 3. The molecular weight excluding hydrogens is 246 g/mol. The first-order chi connectivity index (χ1) is 8.58. The Kier molecular flexibility index (Phi) is 3.72. The van der Waals surface area contributed by atoms with Gasteiger partial charge in [-0.1, -0.05) is 29.8 Å². The Balaban J connectivity index is 2.19. The lowest BCUT2D eigenvalue weighted by Gasteiger charge is -2.19. The highest BCUT2D eigenvalue weighted by atomic mass is 35.5. The number of aromatic nitrogens is 1. The van der Waals surface area contributed by atoms with Crippen LogP contribution in [0.1, 0.15) is 11.1 Å². The van der Waals surface area contributed by atoms with E-state index in [-0.39, 0.29) is 0 Å². The summed E-state index contributed by atoms with van der Waals surface area (Å²) in [4.78, 5) is 6.39. The number of pyridine rings is 1. The van der Waals surface area contributed by atoms with Gasteiger partial charge in [-0.3, -0.25) is 0 Å². The van der Waals surface area contributed by atoms with Gasteiger partial charge in [-0.15, -0.1) is 0 Å². The number of nitrogens with two attached hydrogens (primary N) is 1. The van der Waals surface area contributed by atoms with Crippen LogP contribution in [0.4, 0.5) is 11.5 Å². The predicted octanol–water partition coefficient (Wildman–Crippen LogP) is 3.26. The van der Waals surface area contributed by atoms with Gasteiger partial charge in [0.05, 0.1) is 0 Å². The lowest BCUT2D eigenvalue weighted by Crippen LogP contribution is -2.18. The molecule has 94 valence electrons. The summed E-state index contributed by atoms with van der Waals surface area (Å²) in [7, 11) is 1.97. The third-order valence-corrected chi connectivity index (χ3v) is 3.26. The van der Waals surface area contributed by atoms with Gasteiger partial charge in [-0.25, -0.2) is 4.98 Å². The fraction of sp³-hybridized carbons (Fsp3) is 0.214. The standard InChI is InChI=1S/C14H16ClN3/c1-10-8-17-14(7-13(10)16)18(2)9-11-5-3-4-6-12(11)15/h3-8H,9H2,1-2H3,(H2,16,17). The molecule has 0 bridgehead atoms. The van der Waals surface area contributed by atoms with Crippen molar-refractivity contribution in [3.05, 3.63) is 52.7 Å². The molecule has 0 spiro atoms. The van der Waals surface area contributed by atoms with E-state index < -0.39 is 0 Å². The Morgan fingerprint density at radius 3 is 2.72 bits per heavy atom. The number of anilines is 2. The summed E-state index contributed by atoms with van der Waals surface area (Å²) in [6, 6.07) is 9.68. The van der Waals surface area contributed by atoms with Gasteiger partial charge in [0.2, 0.25) is 0 Å². The molecule has 18 heavy (non-hydrogen) atoms. The number of aryl methyl sites for hydroxylation is 1. The van der Waals surface area contributed by atoms with E-state index in [0.717, 1.165) is 27.7 Å². The van der Waals surface area contributed by atoms with Crippen LogP contribution in [0.2, 0.25) is 5.02 Å². The Hall–Kier alpha value is -1.74. The molecule has 0 aliphatic heterocycles. The number of benzene rings is 1. The van der Waals surface area contributed by atoms with Gasteiger partial charge in [-0.2, -0.15) is 0 Å². The van der Waals surface area contributed by atoms with Crippen LogP contribution in [0.5, 0.6) is 0 Å². The summed E-state index contributed by atoms with van der Waals surface area (Å²) < 4.78 is 0. The van der Waals surface area contributed by atoms with Gasteiger partial charge in [0.15, 0.2) is 0 Å². The minimum atomic E-state index is 0.704. The maximum atomic E-state index is 6.14. The second kappa shape index (κ2) is 5.27. The van der Waals surface area contributed by atoms with E-state index in [2.05, 4.69) is 4.98 Å². The van der Waals surface area contributed by atoms with Crippen LogP contribution >= 0.6 is 11.6 Å². The largest absolute Gasteiger partial charge is 0.398 e. The van der Waals surface area contributed by atoms with E-state index in [1.165, 1.54) is 0 Å². The van der Waals surface area contributed by atoms with Crippen molar-refractivity contribution in [2.75, 3.05) is 17.7 Å². The normalized spacial score (nSPS) is 10.4. The quantitative estimate of drug-likeness (QED) is 0.922. The van der Waals surface area contributed by atoms with Crippen LogP contribution in [0.15, 0.2) is 36.5 Å². The number of hydrogen-bond acceptors (Lipinski definition) is 3. The van der Waals surface area contributed by atoms with Crippen LogP contribution in [-0.2, 0) is 6.54 Å². The van der Waals surface area contributed by atoms with Crippen LogP contribution < -0.4 is 10.6 Å². The smallest absolute Gasteiger partial charge is 0.130 e. The van der Waals surface area contributed by atoms with E-state index in [9.17, 15) is 0 Å². The maximum absolute atomic E-state index is 6.14. The monoisotopic (exact) mass is 261 g/mol. The maximum Gasteiger partial charge on any atom is 0.130 e. The fourth-order valence-electron chi connectivity index (χ4n) is 1.70. The molecule has 4 heteroatoms. The summed E-state index contributed by atoms with van der Waals surface area (Å²) in [6.07, 6.45) is 1.79. The zero-order chi connectivity index (χ0) is 13.1. The fourth-order valence-corrected chi connectivity index (χ4v) is 1.90. The van der Waals surface area contributed by atoms with Crippen molar-refractivity contribution in [2.24, 2.45) is 0 Å². The zero-order valence-electron chi connectivity index (χ0n) is 10.5. The van der Waals surface area contributed by atoms with Crippen molar-refractivity contribution in [2.45, 2.75) is 13.5 Å². The molecule has 2 N–H and O–H groups in total. The summed E-state index contributed by atoms with van der Waals surface area (Å²) in [5.74, 6) is 0.845. The average Bonchev–Trinajstić information content (AvgIpc) is 2.35. The Morgan fingerprint density at radius 2 is 2.06 bits per heavy atom. The highest BCUT2D eigenvalue weighted by Crippen LogP contribution is 2.21. The van der Waals surface area contributed by atoms with Gasteiger partial charge in [0.1, 0.15) is 5.82 Å². The van der Waals surface area contributed by atoms with Crippen molar-refractivity contribution in [1.29, 1.82) is 0 Å². The number of nitrogens with zero attached hydrogens (tertiary/aromatic N) is 2. The van der Waals surface area contributed by atoms with E-state index in [0.29, 0.717) is 6.54 Å². The first-order valence-corrected chi connectivity index (χ1v) is 6.12. The van der Waals surface area contributed by atoms with Crippen LogP contribution in [0, 0.1) is 6.92 Å². The highest BCUT2D eigenvalue weighted by molar-refractivity contribution is 6.31. The Morgan fingerprint density at radius 1 is 1.33 bits per heavy atom. The first kappa shape index (κ1) is 12.7. The molecule has 1 aromatic heterocycles. The van der Waals surface area contributed by atoms with E-state index >= 15 is 0 Å². The molecule has 0 aliphatic rings. The lowest BCUT2D eigenvalue weighted by molar-refractivity contribution is 0.897.